The lowest BCUT2D eigenvalue weighted by Crippen LogP contribution is -2.15. The maximum absolute atomic E-state index is 12.1. The zero-order valence-electron chi connectivity index (χ0n) is 11.1. The number of Topliss-reactive ketones (excluding diaryl/α,β-unsaturated/α-hetero) is 1. The molecule has 0 aliphatic rings. The summed E-state index contributed by atoms with van der Waals surface area (Å²) in [5.41, 5.74) is 2.29. The zero-order chi connectivity index (χ0) is 14.0. The monoisotopic (exact) mass is 257 g/mol. The summed E-state index contributed by atoms with van der Waals surface area (Å²) in [6, 6.07) is 6.94. The summed E-state index contributed by atoms with van der Waals surface area (Å²) in [6.45, 7) is 3.29. The molecule has 0 fully saturated rings. The number of nitrogens with zero attached hydrogens (tertiary/aromatic N) is 2. The van der Waals surface area contributed by atoms with Crippen molar-refractivity contribution in [2.45, 2.75) is 13.8 Å². The minimum Gasteiger partial charge on any atom is -0.321 e. The summed E-state index contributed by atoms with van der Waals surface area (Å²) in [6.07, 6.45) is 1.51. The van der Waals surface area contributed by atoms with Gasteiger partial charge in [-0.3, -0.25) is 14.3 Å². The molecule has 98 valence electrons. The van der Waals surface area contributed by atoms with Crippen molar-refractivity contribution in [2.75, 3.05) is 5.32 Å². The van der Waals surface area contributed by atoms with Crippen LogP contribution in [-0.2, 0) is 7.05 Å². The summed E-state index contributed by atoms with van der Waals surface area (Å²) < 4.78 is 1.63. The molecule has 1 amide bonds. The summed E-state index contributed by atoms with van der Waals surface area (Å²) in [5, 5.41) is 6.77. The molecule has 1 heterocycles. The van der Waals surface area contributed by atoms with Gasteiger partial charge in [0.2, 0.25) is 0 Å². The molecule has 0 aliphatic heterocycles. The van der Waals surface area contributed by atoms with E-state index in [0.29, 0.717) is 16.8 Å². The fourth-order valence-corrected chi connectivity index (χ4v) is 1.81. The molecule has 0 bridgehead atoms. The molecular formula is C14H15N3O2. The Kier molecular flexibility index (Phi) is 3.46. The fraction of sp³-hybridized carbons (Fsp3) is 0.214. The predicted molar refractivity (Wildman–Crippen MR) is 72.3 cm³/mol. The molecule has 2 aromatic rings. The van der Waals surface area contributed by atoms with Gasteiger partial charge in [0.25, 0.3) is 5.91 Å². The van der Waals surface area contributed by atoms with Crippen molar-refractivity contribution < 1.29 is 9.59 Å². The van der Waals surface area contributed by atoms with Crippen molar-refractivity contribution in [3.8, 4) is 0 Å². The second-order valence-electron chi connectivity index (χ2n) is 4.32. The van der Waals surface area contributed by atoms with E-state index in [9.17, 15) is 9.59 Å². The maximum atomic E-state index is 12.1. The Balaban J connectivity index is 2.29. The number of carbonyl (C=O) groups excluding carboxylic acids is 2. The standard InChI is InChI=1S/C14H15N3O2/c1-9-12(8-15-17(9)3)14(19)16-13-7-5-4-6-11(13)10(2)18/h4-8H,1-3H3,(H,16,19). The van der Waals surface area contributed by atoms with Gasteiger partial charge in [-0.15, -0.1) is 0 Å². The van der Waals surface area contributed by atoms with Gasteiger partial charge in [0.1, 0.15) is 0 Å². The first-order valence-electron chi connectivity index (χ1n) is 5.90. The number of hydrogen-bond acceptors (Lipinski definition) is 3. The molecule has 0 saturated carbocycles. The average Bonchev–Trinajstić information content (AvgIpc) is 2.70. The number of aryl methyl sites for hydroxylation is 1. The summed E-state index contributed by atoms with van der Waals surface area (Å²) in [4.78, 5) is 23.6. The van der Waals surface area contributed by atoms with E-state index in [1.54, 1.807) is 36.0 Å². The van der Waals surface area contributed by atoms with Crippen molar-refractivity contribution in [2.24, 2.45) is 7.05 Å². The van der Waals surface area contributed by atoms with Crippen LogP contribution in [0.2, 0.25) is 0 Å². The number of aromatic nitrogens is 2. The molecule has 5 heteroatoms. The van der Waals surface area contributed by atoms with Gasteiger partial charge in [-0.25, -0.2) is 0 Å². The summed E-state index contributed by atoms with van der Waals surface area (Å²) in [7, 11) is 1.77. The van der Waals surface area contributed by atoms with Crippen LogP contribution in [0.15, 0.2) is 30.5 Å². The third-order valence-electron chi connectivity index (χ3n) is 3.03. The number of benzene rings is 1. The van der Waals surface area contributed by atoms with Crippen LogP contribution in [-0.4, -0.2) is 21.5 Å². The molecule has 0 aliphatic carbocycles. The molecule has 0 saturated heterocycles. The summed E-state index contributed by atoms with van der Waals surface area (Å²) >= 11 is 0. The third-order valence-corrected chi connectivity index (χ3v) is 3.03. The predicted octanol–water partition coefficient (Wildman–Crippen LogP) is 2.18. The van der Waals surface area contributed by atoms with Gasteiger partial charge in [-0.05, 0) is 26.0 Å². The first kappa shape index (κ1) is 13.0. The molecule has 0 spiro atoms. The van der Waals surface area contributed by atoms with Crippen molar-refractivity contribution in [1.29, 1.82) is 0 Å². The number of nitrogens with one attached hydrogen (secondary N) is 1. The van der Waals surface area contributed by atoms with E-state index in [-0.39, 0.29) is 11.7 Å². The lowest BCUT2D eigenvalue weighted by atomic mass is 10.1. The van der Waals surface area contributed by atoms with E-state index in [4.69, 9.17) is 0 Å². The van der Waals surface area contributed by atoms with Crippen molar-refractivity contribution in [3.63, 3.8) is 0 Å². The van der Waals surface area contributed by atoms with Crippen LogP contribution in [0.1, 0.15) is 33.3 Å². The van der Waals surface area contributed by atoms with Crippen molar-refractivity contribution in [3.05, 3.63) is 47.3 Å². The van der Waals surface area contributed by atoms with Crippen LogP contribution in [0.5, 0.6) is 0 Å². The highest BCUT2D eigenvalue weighted by Gasteiger charge is 2.15. The fourth-order valence-electron chi connectivity index (χ4n) is 1.81. The van der Waals surface area contributed by atoms with Gasteiger partial charge in [0.15, 0.2) is 5.78 Å². The highest BCUT2D eigenvalue weighted by atomic mass is 16.2. The number of anilines is 1. The van der Waals surface area contributed by atoms with E-state index in [1.807, 2.05) is 6.92 Å². The van der Waals surface area contributed by atoms with Crippen LogP contribution < -0.4 is 5.32 Å². The molecule has 1 N–H and O–H groups in total. The number of hydrogen-bond donors (Lipinski definition) is 1. The van der Waals surface area contributed by atoms with E-state index < -0.39 is 0 Å². The first-order valence-corrected chi connectivity index (χ1v) is 5.90. The minimum absolute atomic E-state index is 0.0844. The highest BCUT2D eigenvalue weighted by molar-refractivity contribution is 6.09. The number of carbonyl (C=O) groups is 2. The molecule has 5 nitrogen and oxygen atoms in total. The number of amides is 1. The molecule has 1 aromatic heterocycles. The van der Waals surface area contributed by atoms with Crippen molar-refractivity contribution >= 4 is 17.4 Å². The third kappa shape index (κ3) is 2.54. The Labute approximate surface area is 111 Å². The average molecular weight is 257 g/mol. The topological polar surface area (TPSA) is 64.0 Å². The number of ketones is 1. The Morgan fingerprint density at radius 2 is 1.89 bits per heavy atom. The van der Waals surface area contributed by atoms with Gasteiger partial charge < -0.3 is 5.32 Å². The lowest BCUT2D eigenvalue weighted by molar-refractivity contribution is 0.101. The molecule has 2 rings (SSSR count). The molecular weight excluding hydrogens is 242 g/mol. The normalized spacial score (nSPS) is 10.3. The Morgan fingerprint density at radius 3 is 2.47 bits per heavy atom. The Hall–Kier alpha value is -2.43. The van der Waals surface area contributed by atoms with E-state index >= 15 is 0 Å². The molecule has 0 unspecified atom stereocenters. The van der Waals surface area contributed by atoms with E-state index in [1.165, 1.54) is 13.1 Å². The number of rotatable bonds is 3. The SMILES string of the molecule is CC(=O)c1ccccc1NC(=O)c1cnn(C)c1C. The minimum atomic E-state index is -0.265. The molecule has 0 atom stereocenters. The van der Waals surface area contributed by atoms with Crippen LogP contribution in [0.3, 0.4) is 0 Å². The quantitative estimate of drug-likeness (QED) is 0.857. The van der Waals surface area contributed by atoms with Crippen LogP contribution in [0.4, 0.5) is 5.69 Å². The van der Waals surface area contributed by atoms with Crippen molar-refractivity contribution in [1.82, 2.24) is 9.78 Å². The second-order valence-corrected chi connectivity index (χ2v) is 4.32. The Morgan fingerprint density at radius 1 is 1.21 bits per heavy atom. The van der Waals surface area contributed by atoms with Crippen LogP contribution in [0.25, 0.3) is 0 Å². The summed E-state index contributed by atoms with van der Waals surface area (Å²) in [5.74, 6) is -0.349. The second kappa shape index (κ2) is 5.06. The van der Waals surface area contributed by atoms with Crippen LogP contribution >= 0.6 is 0 Å². The van der Waals surface area contributed by atoms with Crippen LogP contribution in [0, 0.1) is 6.92 Å². The highest BCUT2D eigenvalue weighted by Crippen LogP contribution is 2.17. The zero-order valence-corrected chi connectivity index (χ0v) is 11.1. The smallest absolute Gasteiger partial charge is 0.259 e. The van der Waals surface area contributed by atoms with E-state index in [0.717, 1.165) is 5.69 Å². The molecule has 0 radical (unpaired) electrons. The lowest BCUT2D eigenvalue weighted by Gasteiger charge is -2.08. The number of para-hydroxylation sites is 1. The van der Waals surface area contributed by atoms with Gasteiger partial charge in [0, 0.05) is 18.3 Å². The molecule has 1 aromatic carbocycles. The molecule has 19 heavy (non-hydrogen) atoms. The van der Waals surface area contributed by atoms with Gasteiger partial charge in [-0.2, -0.15) is 5.10 Å². The van der Waals surface area contributed by atoms with Gasteiger partial charge in [0.05, 0.1) is 17.4 Å². The Bertz CT molecular complexity index is 644. The van der Waals surface area contributed by atoms with Gasteiger partial charge >= 0.3 is 0 Å². The van der Waals surface area contributed by atoms with Gasteiger partial charge in [-0.1, -0.05) is 12.1 Å². The largest absolute Gasteiger partial charge is 0.321 e. The first-order chi connectivity index (χ1) is 9.00. The van der Waals surface area contributed by atoms with E-state index in [2.05, 4.69) is 10.4 Å². The maximum Gasteiger partial charge on any atom is 0.259 e.